The van der Waals surface area contributed by atoms with Crippen LogP contribution in [0.4, 0.5) is 4.79 Å². The van der Waals surface area contributed by atoms with Crippen molar-refractivity contribution in [3.05, 3.63) is 0 Å². The van der Waals surface area contributed by atoms with Crippen molar-refractivity contribution in [3.8, 4) is 0 Å². The van der Waals surface area contributed by atoms with E-state index in [4.69, 9.17) is 9.84 Å². The fourth-order valence-corrected chi connectivity index (χ4v) is 2.94. The van der Waals surface area contributed by atoms with Crippen LogP contribution in [0.5, 0.6) is 0 Å². The third kappa shape index (κ3) is 4.12. The Morgan fingerprint density at radius 1 is 1.30 bits per heavy atom. The number of hydrogen-bond acceptors (Lipinski definition) is 3. The smallest absolute Gasteiger partial charge is 0.407 e. The molecule has 0 aromatic carbocycles. The Labute approximate surface area is 121 Å². The van der Waals surface area contributed by atoms with Gasteiger partial charge in [0.1, 0.15) is 5.60 Å². The van der Waals surface area contributed by atoms with E-state index in [1.54, 1.807) is 20.8 Å². The van der Waals surface area contributed by atoms with Gasteiger partial charge in [-0.05, 0) is 44.9 Å². The van der Waals surface area contributed by atoms with Gasteiger partial charge in [-0.2, -0.15) is 0 Å². The van der Waals surface area contributed by atoms with Gasteiger partial charge in [0.25, 0.3) is 0 Å². The molecule has 1 atom stereocenters. The zero-order valence-corrected chi connectivity index (χ0v) is 13.2. The molecule has 1 aliphatic carbocycles. The lowest BCUT2D eigenvalue weighted by Gasteiger charge is -2.50. The predicted octanol–water partition coefficient (Wildman–Crippen LogP) is 3.18. The third-order valence-corrected chi connectivity index (χ3v) is 4.20. The number of nitrogens with one attached hydrogen (secondary N) is 1. The average molecular weight is 285 g/mol. The van der Waals surface area contributed by atoms with E-state index in [1.165, 1.54) is 0 Å². The van der Waals surface area contributed by atoms with Crippen LogP contribution in [0.1, 0.15) is 60.3 Å². The highest BCUT2D eigenvalue weighted by atomic mass is 16.6. The maximum Gasteiger partial charge on any atom is 0.407 e. The van der Waals surface area contributed by atoms with E-state index in [2.05, 4.69) is 19.2 Å². The van der Waals surface area contributed by atoms with Gasteiger partial charge in [-0.25, -0.2) is 4.79 Å². The number of rotatable bonds is 5. The Bertz CT molecular complexity index is 367. The molecule has 0 heterocycles. The molecular formula is C15H27NO4. The standard InChI is InChI=1S/C15H27NO4/c1-10(2)15(7-6-8-15)11(9-12(17)18)16-13(19)20-14(3,4)5/h10-11H,6-9H2,1-5H3,(H,16,19)(H,17,18). The van der Waals surface area contributed by atoms with Crippen LogP contribution in [0, 0.1) is 11.3 Å². The molecule has 5 heteroatoms. The number of amides is 1. The number of carboxylic acids is 1. The quantitative estimate of drug-likeness (QED) is 0.813. The number of aliphatic carboxylic acids is 1. The zero-order valence-electron chi connectivity index (χ0n) is 13.2. The Hall–Kier alpha value is -1.26. The maximum absolute atomic E-state index is 11.9. The fraction of sp³-hybridized carbons (Fsp3) is 0.867. The summed E-state index contributed by atoms with van der Waals surface area (Å²) in [6.45, 7) is 9.55. The monoisotopic (exact) mass is 285 g/mol. The molecule has 0 bridgehead atoms. The van der Waals surface area contributed by atoms with Crippen molar-refractivity contribution >= 4 is 12.1 Å². The van der Waals surface area contributed by atoms with E-state index in [0.717, 1.165) is 19.3 Å². The van der Waals surface area contributed by atoms with Gasteiger partial charge < -0.3 is 15.2 Å². The van der Waals surface area contributed by atoms with Gasteiger partial charge in [0.05, 0.1) is 6.42 Å². The predicted molar refractivity (Wildman–Crippen MR) is 76.5 cm³/mol. The lowest BCUT2D eigenvalue weighted by atomic mass is 9.57. The summed E-state index contributed by atoms with van der Waals surface area (Å²) in [7, 11) is 0. The molecule has 0 aromatic rings. The molecule has 20 heavy (non-hydrogen) atoms. The Balaban J connectivity index is 2.80. The summed E-state index contributed by atoms with van der Waals surface area (Å²) in [5.74, 6) is -0.562. The van der Waals surface area contributed by atoms with Gasteiger partial charge in [0.2, 0.25) is 0 Å². The zero-order chi connectivity index (χ0) is 15.6. The summed E-state index contributed by atoms with van der Waals surface area (Å²) in [4.78, 5) is 23.0. The van der Waals surface area contributed by atoms with E-state index in [9.17, 15) is 9.59 Å². The number of carbonyl (C=O) groups excluding carboxylic acids is 1. The highest BCUT2D eigenvalue weighted by Gasteiger charge is 2.48. The van der Waals surface area contributed by atoms with Gasteiger partial charge >= 0.3 is 12.1 Å². The van der Waals surface area contributed by atoms with E-state index in [-0.39, 0.29) is 17.9 Å². The summed E-state index contributed by atoms with van der Waals surface area (Å²) in [6.07, 6.45) is 2.41. The van der Waals surface area contributed by atoms with Crippen LogP contribution in [0.2, 0.25) is 0 Å². The van der Waals surface area contributed by atoms with Crippen molar-refractivity contribution in [3.63, 3.8) is 0 Å². The Morgan fingerprint density at radius 3 is 2.15 bits per heavy atom. The highest BCUT2D eigenvalue weighted by Crippen LogP contribution is 2.50. The number of ether oxygens (including phenoxy) is 1. The van der Waals surface area contributed by atoms with Crippen LogP contribution < -0.4 is 5.32 Å². The molecule has 0 aromatic heterocycles. The second kappa shape index (κ2) is 6.02. The first-order chi connectivity index (χ1) is 9.07. The van der Waals surface area contributed by atoms with Crippen molar-refractivity contribution < 1.29 is 19.4 Å². The van der Waals surface area contributed by atoms with Crippen LogP contribution in [-0.2, 0) is 9.53 Å². The molecule has 0 spiro atoms. The Morgan fingerprint density at radius 2 is 1.85 bits per heavy atom. The highest BCUT2D eigenvalue weighted by molar-refractivity contribution is 5.72. The minimum absolute atomic E-state index is 0.0581. The minimum atomic E-state index is -0.891. The molecule has 2 N–H and O–H groups in total. The molecule has 0 aliphatic heterocycles. The number of carbonyl (C=O) groups is 2. The summed E-state index contributed by atoms with van der Waals surface area (Å²) in [5, 5.41) is 11.9. The molecule has 1 unspecified atom stereocenters. The maximum atomic E-state index is 11.9. The molecule has 0 saturated heterocycles. The van der Waals surface area contributed by atoms with Crippen molar-refractivity contribution in [2.24, 2.45) is 11.3 Å². The summed E-state index contributed by atoms with van der Waals surface area (Å²) >= 11 is 0. The summed E-state index contributed by atoms with van der Waals surface area (Å²) in [5.41, 5.74) is -0.697. The molecule has 5 nitrogen and oxygen atoms in total. The van der Waals surface area contributed by atoms with Crippen LogP contribution in [0.3, 0.4) is 0 Å². The number of alkyl carbamates (subject to hydrolysis) is 1. The van der Waals surface area contributed by atoms with Gasteiger partial charge in [-0.1, -0.05) is 20.3 Å². The molecule has 1 fully saturated rings. The van der Waals surface area contributed by atoms with Gasteiger partial charge in [-0.3, -0.25) is 4.79 Å². The fourth-order valence-electron chi connectivity index (χ4n) is 2.94. The van der Waals surface area contributed by atoms with Crippen LogP contribution >= 0.6 is 0 Å². The lowest BCUT2D eigenvalue weighted by molar-refractivity contribution is -0.139. The first-order valence-corrected chi connectivity index (χ1v) is 7.28. The van der Waals surface area contributed by atoms with Crippen molar-refractivity contribution in [1.29, 1.82) is 0 Å². The molecule has 1 amide bonds. The molecular weight excluding hydrogens is 258 g/mol. The third-order valence-electron chi connectivity index (χ3n) is 4.20. The first kappa shape index (κ1) is 16.8. The van der Waals surface area contributed by atoms with Gasteiger partial charge in [0, 0.05) is 6.04 Å². The summed E-state index contributed by atoms with van der Waals surface area (Å²) < 4.78 is 5.25. The molecule has 1 rings (SSSR count). The van der Waals surface area contributed by atoms with E-state index >= 15 is 0 Å². The van der Waals surface area contributed by atoms with E-state index in [1.807, 2.05) is 0 Å². The second-order valence-corrected chi connectivity index (χ2v) is 7.04. The largest absolute Gasteiger partial charge is 0.481 e. The van der Waals surface area contributed by atoms with Gasteiger partial charge in [-0.15, -0.1) is 0 Å². The SMILES string of the molecule is CC(C)C1(C(CC(=O)O)NC(=O)OC(C)(C)C)CCC1. The normalized spacial score (nSPS) is 19.1. The number of carboxylic acid groups (broad SMARTS) is 1. The topological polar surface area (TPSA) is 75.6 Å². The van der Waals surface area contributed by atoms with E-state index in [0.29, 0.717) is 5.92 Å². The van der Waals surface area contributed by atoms with Crippen molar-refractivity contribution in [1.82, 2.24) is 5.32 Å². The molecule has 1 saturated carbocycles. The van der Waals surface area contributed by atoms with Crippen LogP contribution in [0.25, 0.3) is 0 Å². The van der Waals surface area contributed by atoms with Crippen LogP contribution in [-0.4, -0.2) is 28.8 Å². The van der Waals surface area contributed by atoms with E-state index < -0.39 is 17.7 Å². The van der Waals surface area contributed by atoms with Gasteiger partial charge in [0.15, 0.2) is 0 Å². The van der Waals surface area contributed by atoms with Crippen molar-refractivity contribution in [2.45, 2.75) is 71.9 Å². The van der Waals surface area contributed by atoms with Crippen LogP contribution in [0.15, 0.2) is 0 Å². The number of hydrogen-bond donors (Lipinski definition) is 2. The summed E-state index contributed by atoms with van der Waals surface area (Å²) in [6, 6.07) is -0.372. The lowest BCUT2D eigenvalue weighted by Crippen LogP contribution is -2.55. The van der Waals surface area contributed by atoms with Crippen molar-refractivity contribution in [2.75, 3.05) is 0 Å². The molecule has 116 valence electrons. The molecule has 0 radical (unpaired) electrons. The minimum Gasteiger partial charge on any atom is -0.481 e. The first-order valence-electron chi connectivity index (χ1n) is 7.28. The average Bonchev–Trinajstić information content (AvgIpc) is 2.09. The Kier molecular flexibility index (Phi) is 5.05. The molecule has 1 aliphatic rings. The second-order valence-electron chi connectivity index (χ2n) is 7.04.